The van der Waals surface area contributed by atoms with E-state index in [1.807, 2.05) is 55.1 Å². The number of sulfone groups is 1. The molecule has 0 saturated heterocycles. The van der Waals surface area contributed by atoms with Crippen LogP contribution in [0.15, 0.2) is 47.4 Å². The lowest BCUT2D eigenvalue weighted by atomic mass is 10.2. The third kappa shape index (κ3) is 5.64. The van der Waals surface area contributed by atoms with Gasteiger partial charge < -0.3 is 9.88 Å². The van der Waals surface area contributed by atoms with Crippen molar-refractivity contribution in [1.82, 2.24) is 9.55 Å². The number of thioether (sulfide) groups is 1. The second kappa shape index (κ2) is 9.22. The number of benzene rings is 2. The van der Waals surface area contributed by atoms with Gasteiger partial charge in [-0.05, 0) is 49.2 Å². The summed E-state index contributed by atoms with van der Waals surface area (Å²) in [5, 5.41) is 3.49. The number of hydrogen-bond donors (Lipinski definition) is 1. The Morgan fingerprint density at radius 3 is 2.63 bits per heavy atom. The van der Waals surface area contributed by atoms with Crippen molar-refractivity contribution < 1.29 is 13.2 Å². The monoisotopic (exact) mass is 445 g/mol. The highest BCUT2D eigenvalue weighted by atomic mass is 32.2. The summed E-state index contributed by atoms with van der Waals surface area (Å²) in [6, 6.07) is 13.4. The third-order valence-electron chi connectivity index (χ3n) is 4.81. The number of anilines is 1. The average Bonchev–Trinajstić information content (AvgIpc) is 2.99. The summed E-state index contributed by atoms with van der Waals surface area (Å²) in [6.07, 6.45) is 2.26. The van der Waals surface area contributed by atoms with Crippen LogP contribution < -0.4 is 5.32 Å². The average molecular weight is 446 g/mol. The molecule has 8 heteroatoms. The van der Waals surface area contributed by atoms with Crippen molar-refractivity contribution in [3.63, 3.8) is 0 Å². The van der Waals surface area contributed by atoms with Crippen LogP contribution in [0.2, 0.25) is 0 Å². The molecule has 30 heavy (non-hydrogen) atoms. The highest BCUT2D eigenvalue weighted by Gasteiger charge is 2.17. The molecule has 0 radical (unpaired) electrons. The Labute approximate surface area is 182 Å². The van der Waals surface area contributed by atoms with E-state index >= 15 is 0 Å². The van der Waals surface area contributed by atoms with E-state index in [1.54, 1.807) is 4.57 Å². The SMILES string of the molecule is CCC(C)Sc1ccc(NC(=O)Cn2c(CS(C)(=O)=O)nc3ccccc32)c(C)c1. The van der Waals surface area contributed by atoms with Crippen LogP contribution in [0.3, 0.4) is 0 Å². The number of carbonyl (C=O) groups is 1. The fourth-order valence-electron chi connectivity index (χ4n) is 3.15. The molecule has 0 fully saturated rings. The zero-order valence-corrected chi connectivity index (χ0v) is 19.3. The van der Waals surface area contributed by atoms with Gasteiger partial charge in [-0.25, -0.2) is 13.4 Å². The number of carbonyl (C=O) groups excluding carboxylic acids is 1. The number of nitrogens with one attached hydrogen (secondary N) is 1. The Hall–Kier alpha value is -2.32. The molecule has 0 aliphatic carbocycles. The van der Waals surface area contributed by atoms with Crippen LogP contribution in [-0.4, -0.2) is 35.4 Å². The first-order chi connectivity index (χ1) is 14.2. The lowest BCUT2D eigenvalue weighted by Crippen LogP contribution is -2.21. The quantitative estimate of drug-likeness (QED) is 0.519. The lowest BCUT2D eigenvalue weighted by molar-refractivity contribution is -0.116. The van der Waals surface area contributed by atoms with E-state index in [4.69, 9.17) is 0 Å². The van der Waals surface area contributed by atoms with E-state index in [0.29, 0.717) is 16.6 Å². The van der Waals surface area contributed by atoms with Crippen LogP contribution >= 0.6 is 11.8 Å². The Kier molecular flexibility index (Phi) is 6.88. The summed E-state index contributed by atoms with van der Waals surface area (Å²) < 4.78 is 25.3. The maximum Gasteiger partial charge on any atom is 0.244 e. The molecule has 2 aromatic carbocycles. The molecule has 1 N–H and O–H groups in total. The summed E-state index contributed by atoms with van der Waals surface area (Å²) in [6.45, 7) is 6.32. The van der Waals surface area contributed by atoms with Gasteiger partial charge >= 0.3 is 0 Å². The molecule has 1 aromatic heterocycles. The van der Waals surface area contributed by atoms with Gasteiger partial charge in [0.1, 0.15) is 18.1 Å². The van der Waals surface area contributed by atoms with Crippen LogP contribution in [-0.2, 0) is 26.9 Å². The van der Waals surface area contributed by atoms with Gasteiger partial charge in [-0.1, -0.05) is 26.0 Å². The zero-order valence-electron chi connectivity index (χ0n) is 17.7. The Morgan fingerprint density at radius 2 is 1.97 bits per heavy atom. The van der Waals surface area contributed by atoms with E-state index in [0.717, 1.165) is 23.2 Å². The van der Waals surface area contributed by atoms with E-state index in [9.17, 15) is 13.2 Å². The standard InChI is InChI=1S/C22H27N3O3S2/c1-5-16(3)29-17-10-11-18(15(2)12-17)24-22(26)13-25-20-9-7-6-8-19(20)23-21(25)14-30(4,27)28/h6-12,16H,5,13-14H2,1-4H3,(H,24,26). The van der Waals surface area contributed by atoms with Crippen molar-refractivity contribution in [2.75, 3.05) is 11.6 Å². The Bertz CT molecular complexity index is 1170. The number of amides is 1. The van der Waals surface area contributed by atoms with Crippen molar-refractivity contribution in [3.05, 3.63) is 53.9 Å². The summed E-state index contributed by atoms with van der Waals surface area (Å²) in [5.41, 5.74) is 3.15. The minimum absolute atomic E-state index is 0.00578. The van der Waals surface area contributed by atoms with Crippen LogP contribution in [0.4, 0.5) is 5.69 Å². The van der Waals surface area contributed by atoms with Gasteiger partial charge in [0.15, 0.2) is 9.84 Å². The number of rotatable bonds is 8. The smallest absolute Gasteiger partial charge is 0.244 e. The topological polar surface area (TPSA) is 81.1 Å². The van der Waals surface area contributed by atoms with Crippen LogP contribution in [0.1, 0.15) is 31.7 Å². The zero-order chi connectivity index (χ0) is 21.9. The minimum Gasteiger partial charge on any atom is -0.324 e. The predicted molar refractivity (Wildman–Crippen MR) is 124 cm³/mol. The first kappa shape index (κ1) is 22.4. The molecule has 0 saturated carbocycles. The van der Waals surface area contributed by atoms with Gasteiger partial charge in [0, 0.05) is 22.1 Å². The molecule has 1 atom stereocenters. The number of aryl methyl sites for hydroxylation is 1. The van der Waals surface area contributed by atoms with E-state index in [2.05, 4.69) is 30.2 Å². The molecule has 1 heterocycles. The van der Waals surface area contributed by atoms with Crippen molar-refractivity contribution in [2.45, 2.75) is 49.6 Å². The van der Waals surface area contributed by atoms with Crippen LogP contribution in [0, 0.1) is 6.92 Å². The molecular weight excluding hydrogens is 418 g/mol. The molecule has 1 unspecified atom stereocenters. The van der Waals surface area contributed by atoms with Crippen molar-refractivity contribution in [2.24, 2.45) is 0 Å². The van der Waals surface area contributed by atoms with Gasteiger partial charge in [-0.3, -0.25) is 4.79 Å². The first-order valence-electron chi connectivity index (χ1n) is 9.85. The molecule has 6 nitrogen and oxygen atoms in total. The van der Waals surface area contributed by atoms with Crippen LogP contribution in [0.25, 0.3) is 11.0 Å². The maximum absolute atomic E-state index is 12.8. The highest BCUT2D eigenvalue weighted by molar-refractivity contribution is 7.99. The lowest BCUT2D eigenvalue weighted by Gasteiger charge is -2.13. The largest absolute Gasteiger partial charge is 0.324 e. The Morgan fingerprint density at radius 1 is 1.23 bits per heavy atom. The summed E-state index contributed by atoms with van der Waals surface area (Å²) in [5.74, 6) is -0.0700. The second-order valence-electron chi connectivity index (χ2n) is 7.53. The second-order valence-corrected chi connectivity index (χ2v) is 11.2. The number of fused-ring (bicyclic) bond motifs is 1. The number of imidazole rings is 1. The summed E-state index contributed by atoms with van der Waals surface area (Å²) in [4.78, 5) is 18.4. The van der Waals surface area contributed by atoms with Gasteiger partial charge in [0.05, 0.1) is 11.0 Å². The molecule has 3 rings (SSSR count). The minimum atomic E-state index is -3.28. The fraction of sp³-hybridized carbons (Fsp3) is 0.364. The summed E-state index contributed by atoms with van der Waals surface area (Å²) in [7, 11) is -3.28. The number of nitrogens with zero attached hydrogens (tertiary/aromatic N) is 2. The van der Waals surface area contributed by atoms with Crippen molar-refractivity contribution in [1.29, 1.82) is 0 Å². The molecular formula is C22H27N3O3S2. The molecule has 1 amide bonds. The van der Waals surface area contributed by atoms with Gasteiger partial charge in [0.25, 0.3) is 0 Å². The maximum atomic E-state index is 12.8. The van der Waals surface area contributed by atoms with Gasteiger partial charge in [-0.2, -0.15) is 0 Å². The fourth-order valence-corrected chi connectivity index (χ4v) is 4.86. The number of hydrogen-bond acceptors (Lipinski definition) is 5. The highest BCUT2D eigenvalue weighted by Crippen LogP contribution is 2.28. The first-order valence-corrected chi connectivity index (χ1v) is 12.8. The molecule has 3 aromatic rings. The third-order valence-corrected chi connectivity index (χ3v) is 6.86. The number of para-hydroxylation sites is 2. The van der Waals surface area contributed by atoms with E-state index in [-0.39, 0.29) is 18.2 Å². The van der Waals surface area contributed by atoms with Gasteiger partial charge in [-0.15, -0.1) is 11.8 Å². The van der Waals surface area contributed by atoms with E-state index < -0.39 is 9.84 Å². The van der Waals surface area contributed by atoms with Crippen molar-refractivity contribution >= 4 is 44.2 Å². The normalized spacial score (nSPS) is 12.8. The molecule has 0 aliphatic rings. The molecule has 0 spiro atoms. The Balaban J connectivity index is 1.81. The van der Waals surface area contributed by atoms with Gasteiger partial charge in [0.2, 0.25) is 5.91 Å². The summed E-state index contributed by atoms with van der Waals surface area (Å²) >= 11 is 1.82. The van der Waals surface area contributed by atoms with E-state index in [1.165, 1.54) is 11.2 Å². The molecule has 160 valence electrons. The predicted octanol–water partition coefficient (Wildman–Crippen LogP) is 4.42. The van der Waals surface area contributed by atoms with Crippen LogP contribution in [0.5, 0.6) is 0 Å². The molecule has 0 aliphatic heterocycles. The number of aromatic nitrogens is 2. The van der Waals surface area contributed by atoms with Crippen molar-refractivity contribution in [3.8, 4) is 0 Å². The molecule has 0 bridgehead atoms.